The number of rotatable bonds is 4. The van der Waals surface area contributed by atoms with E-state index in [1.54, 1.807) is 24.4 Å². The standard InChI is InChI=1S/C25H21ClN4OS/c1-16-6-4-7-18(14-16)29-13-5-9-20(29)24-23(19-8-2-3-12-27-19)28-25(32)30(24)21-15-17(26)10-11-22(21)31/h2-15,23-24,31H,1H3,(H,28,32)/t23-,24-/m0/s1. The summed E-state index contributed by atoms with van der Waals surface area (Å²) in [6, 6.07) is 22.8. The first-order chi connectivity index (χ1) is 15.5. The highest BCUT2D eigenvalue weighted by Crippen LogP contribution is 2.45. The van der Waals surface area contributed by atoms with E-state index in [4.69, 9.17) is 23.8 Å². The van der Waals surface area contributed by atoms with Crippen molar-refractivity contribution in [3.63, 3.8) is 0 Å². The third-order valence-corrected chi connectivity index (χ3v) is 6.21. The summed E-state index contributed by atoms with van der Waals surface area (Å²) in [4.78, 5) is 6.52. The molecule has 1 saturated heterocycles. The zero-order valence-corrected chi connectivity index (χ0v) is 18.9. The number of hydrogen-bond acceptors (Lipinski definition) is 3. The molecular formula is C25H21ClN4OS. The Balaban J connectivity index is 1.70. The molecule has 0 bridgehead atoms. The molecule has 2 aromatic heterocycles. The van der Waals surface area contributed by atoms with Gasteiger partial charge in [-0.25, -0.2) is 0 Å². The molecule has 2 N–H and O–H groups in total. The van der Waals surface area contributed by atoms with Gasteiger partial charge in [0.15, 0.2) is 5.11 Å². The van der Waals surface area contributed by atoms with E-state index < -0.39 is 0 Å². The molecule has 32 heavy (non-hydrogen) atoms. The number of anilines is 1. The van der Waals surface area contributed by atoms with Crippen molar-refractivity contribution >= 4 is 34.6 Å². The van der Waals surface area contributed by atoms with Crippen LogP contribution in [0.15, 0.2) is 85.2 Å². The maximum Gasteiger partial charge on any atom is 0.174 e. The first kappa shape index (κ1) is 20.5. The minimum Gasteiger partial charge on any atom is -0.506 e. The van der Waals surface area contributed by atoms with Crippen molar-refractivity contribution in [2.75, 3.05) is 4.90 Å². The Bertz CT molecular complexity index is 1290. The van der Waals surface area contributed by atoms with E-state index in [0.717, 1.165) is 17.1 Å². The lowest BCUT2D eigenvalue weighted by atomic mass is 10.0. The lowest BCUT2D eigenvalue weighted by Gasteiger charge is -2.29. The van der Waals surface area contributed by atoms with Crippen LogP contribution < -0.4 is 10.2 Å². The van der Waals surface area contributed by atoms with Gasteiger partial charge in [0.1, 0.15) is 11.8 Å². The first-order valence-electron chi connectivity index (χ1n) is 10.3. The Hall–Kier alpha value is -3.35. The zero-order valence-electron chi connectivity index (χ0n) is 17.3. The van der Waals surface area contributed by atoms with Crippen LogP contribution in [0.5, 0.6) is 5.75 Å². The van der Waals surface area contributed by atoms with E-state index in [1.807, 2.05) is 41.4 Å². The second-order valence-corrected chi connectivity index (χ2v) is 8.59. The molecule has 2 aromatic carbocycles. The van der Waals surface area contributed by atoms with E-state index in [9.17, 15) is 5.11 Å². The van der Waals surface area contributed by atoms with Crippen LogP contribution >= 0.6 is 23.8 Å². The molecule has 0 spiro atoms. The Morgan fingerprint density at radius 3 is 2.69 bits per heavy atom. The van der Waals surface area contributed by atoms with Crippen molar-refractivity contribution in [3.8, 4) is 11.4 Å². The van der Waals surface area contributed by atoms with Gasteiger partial charge in [-0.15, -0.1) is 0 Å². The number of benzene rings is 2. The number of aryl methyl sites for hydroxylation is 1. The molecule has 5 nitrogen and oxygen atoms in total. The maximum absolute atomic E-state index is 10.7. The van der Waals surface area contributed by atoms with Gasteiger partial charge in [-0.2, -0.15) is 0 Å². The molecule has 2 atom stereocenters. The van der Waals surface area contributed by atoms with Crippen LogP contribution in [0.4, 0.5) is 5.69 Å². The van der Waals surface area contributed by atoms with Gasteiger partial charge in [0.05, 0.1) is 17.4 Å². The number of aromatic nitrogens is 2. The van der Waals surface area contributed by atoms with Crippen molar-refractivity contribution in [2.24, 2.45) is 0 Å². The molecule has 160 valence electrons. The number of aromatic hydroxyl groups is 1. The van der Waals surface area contributed by atoms with Crippen molar-refractivity contribution < 1.29 is 5.11 Å². The molecule has 1 aliphatic rings. The molecule has 0 amide bonds. The fraction of sp³-hybridized carbons (Fsp3) is 0.120. The van der Waals surface area contributed by atoms with Crippen LogP contribution in [0.2, 0.25) is 5.02 Å². The van der Waals surface area contributed by atoms with Gasteiger partial charge in [0, 0.05) is 28.8 Å². The molecule has 5 rings (SSSR count). The number of thiocarbonyl (C=S) groups is 1. The lowest BCUT2D eigenvalue weighted by molar-refractivity contribution is 0.472. The maximum atomic E-state index is 10.7. The third-order valence-electron chi connectivity index (χ3n) is 5.66. The predicted molar refractivity (Wildman–Crippen MR) is 132 cm³/mol. The molecule has 4 aromatic rings. The van der Waals surface area contributed by atoms with Crippen molar-refractivity contribution in [2.45, 2.75) is 19.0 Å². The molecule has 0 aliphatic carbocycles. The second-order valence-electron chi connectivity index (χ2n) is 7.77. The lowest BCUT2D eigenvalue weighted by Crippen LogP contribution is -2.30. The fourth-order valence-corrected chi connectivity index (χ4v) is 4.76. The van der Waals surface area contributed by atoms with Crippen LogP contribution in [0.25, 0.3) is 5.69 Å². The van der Waals surface area contributed by atoms with Gasteiger partial charge >= 0.3 is 0 Å². The number of hydrogen-bond donors (Lipinski definition) is 2. The molecule has 0 unspecified atom stereocenters. The summed E-state index contributed by atoms with van der Waals surface area (Å²) in [7, 11) is 0. The summed E-state index contributed by atoms with van der Waals surface area (Å²) in [5, 5.41) is 15.1. The number of phenols is 1. The van der Waals surface area contributed by atoms with Gasteiger partial charge in [0.2, 0.25) is 0 Å². The van der Waals surface area contributed by atoms with E-state index in [-0.39, 0.29) is 17.8 Å². The van der Waals surface area contributed by atoms with E-state index in [0.29, 0.717) is 15.8 Å². The average molecular weight is 461 g/mol. The van der Waals surface area contributed by atoms with Crippen LogP contribution in [0.3, 0.4) is 0 Å². The summed E-state index contributed by atoms with van der Waals surface area (Å²) in [6.45, 7) is 2.08. The second kappa shape index (κ2) is 8.30. The molecular weight excluding hydrogens is 440 g/mol. The fourth-order valence-electron chi connectivity index (χ4n) is 4.25. The summed E-state index contributed by atoms with van der Waals surface area (Å²) in [5.41, 5.74) is 4.65. The number of phenolic OH excluding ortho intramolecular Hbond substituents is 1. The molecule has 3 heterocycles. The van der Waals surface area contributed by atoms with Gasteiger partial charge in [-0.05, 0) is 79.3 Å². The highest BCUT2D eigenvalue weighted by Gasteiger charge is 2.43. The summed E-state index contributed by atoms with van der Waals surface area (Å²) < 4.78 is 2.15. The van der Waals surface area contributed by atoms with E-state index in [2.05, 4.69) is 46.1 Å². The van der Waals surface area contributed by atoms with E-state index in [1.165, 1.54) is 5.56 Å². The quantitative estimate of drug-likeness (QED) is 0.381. The largest absolute Gasteiger partial charge is 0.506 e. The third kappa shape index (κ3) is 3.61. The Labute approximate surface area is 196 Å². The van der Waals surface area contributed by atoms with Gasteiger partial charge in [-0.3, -0.25) is 4.98 Å². The van der Waals surface area contributed by atoms with Crippen LogP contribution in [0.1, 0.15) is 29.0 Å². The molecule has 0 saturated carbocycles. The van der Waals surface area contributed by atoms with Crippen LogP contribution in [-0.2, 0) is 0 Å². The van der Waals surface area contributed by atoms with Gasteiger partial charge in [0.25, 0.3) is 0 Å². The average Bonchev–Trinajstić information content (AvgIpc) is 3.40. The van der Waals surface area contributed by atoms with Crippen molar-refractivity contribution in [1.29, 1.82) is 0 Å². The minimum absolute atomic E-state index is 0.110. The molecule has 1 fully saturated rings. The monoisotopic (exact) mass is 460 g/mol. The summed E-state index contributed by atoms with van der Waals surface area (Å²) in [6.07, 6.45) is 3.81. The molecule has 0 radical (unpaired) electrons. The first-order valence-corrected chi connectivity index (χ1v) is 11.0. The zero-order chi connectivity index (χ0) is 22.2. The van der Waals surface area contributed by atoms with Gasteiger partial charge in [-0.1, -0.05) is 29.8 Å². The summed E-state index contributed by atoms with van der Waals surface area (Å²) >= 11 is 12.1. The van der Waals surface area contributed by atoms with Crippen LogP contribution in [-0.4, -0.2) is 19.8 Å². The van der Waals surface area contributed by atoms with Crippen molar-refractivity contribution in [3.05, 3.63) is 107 Å². The summed E-state index contributed by atoms with van der Waals surface area (Å²) in [5.74, 6) is 0.110. The Kier molecular flexibility index (Phi) is 5.33. The number of halogens is 1. The number of nitrogens with one attached hydrogen (secondary N) is 1. The highest BCUT2D eigenvalue weighted by molar-refractivity contribution is 7.80. The smallest absolute Gasteiger partial charge is 0.174 e. The van der Waals surface area contributed by atoms with E-state index >= 15 is 0 Å². The number of nitrogens with zero attached hydrogens (tertiary/aromatic N) is 3. The normalized spacial score (nSPS) is 18.1. The topological polar surface area (TPSA) is 53.3 Å². The predicted octanol–water partition coefficient (Wildman–Crippen LogP) is 5.72. The Morgan fingerprint density at radius 1 is 1.03 bits per heavy atom. The number of pyridine rings is 1. The molecule has 7 heteroatoms. The Morgan fingerprint density at radius 2 is 1.91 bits per heavy atom. The minimum atomic E-state index is -0.266. The van der Waals surface area contributed by atoms with Gasteiger partial charge < -0.3 is 19.9 Å². The highest BCUT2D eigenvalue weighted by atomic mass is 35.5. The SMILES string of the molecule is Cc1cccc(-n2cccc2[C@H]2[C@H](c3ccccn3)NC(=S)N2c2cc(Cl)ccc2O)c1. The van der Waals surface area contributed by atoms with Crippen molar-refractivity contribution in [1.82, 2.24) is 14.9 Å². The van der Waals surface area contributed by atoms with Crippen LogP contribution in [0, 0.1) is 6.92 Å². The molecule has 1 aliphatic heterocycles.